The quantitative estimate of drug-likeness (QED) is 0.452. The van der Waals surface area contributed by atoms with Crippen molar-refractivity contribution in [2.24, 2.45) is 5.10 Å². The monoisotopic (exact) mass is 399 g/mol. The summed E-state index contributed by atoms with van der Waals surface area (Å²) in [5.74, 6) is 1.14. The van der Waals surface area contributed by atoms with Crippen LogP contribution in [0.3, 0.4) is 0 Å². The van der Waals surface area contributed by atoms with Crippen molar-refractivity contribution in [3.63, 3.8) is 0 Å². The Balaban J connectivity index is 1.49. The summed E-state index contributed by atoms with van der Waals surface area (Å²) in [6.45, 7) is 2.90. The zero-order valence-corrected chi connectivity index (χ0v) is 16.5. The number of hydrogen-bond donors (Lipinski definition) is 1. The van der Waals surface area contributed by atoms with Gasteiger partial charge in [-0.05, 0) is 78.7 Å². The third-order valence-corrected chi connectivity index (χ3v) is 4.18. The lowest BCUT2D eigenvalue weighted by molar-refractivity contribution is 0.0955. The van der Waals surface area contributed by atoms with E-state index in [0.29, 0.717) is 24.3 Å². The third kappa shape index (κ3) is 5.94. The second kappa shape index (κ2) is 10.4. The normalized spacial score (nSPS) is 10.4. The van der Waals surface area contributed by atoms with Gasteiger partial charge in [0.1, 0.15) is 18.1 Å². The number of hydrogen-bond acceptors (Lipinski definition) is 5. The summed E-state index contributed by atoms with van der Waals surface area (Å²) in [5.41, 5.74) is 5.44. The molecule has 30 heavy (non-hydrogen) atoms. The van der Waals surface area contributed by atoms with Crippen molar-refractivity contribution in [1.82, 2.24) is 5.43 Å². The number of hydrazone groups is 1. The molecule has 0 spiro atoms. The molecule has 0 aliphatic rings. The van der Waals surface area contributed by atoms with Crippen LogP contribution in [0.4, 0.5) is 0 Å². The topological polar surface area (TPSA) is 83.7 Å². The van der Waals surface area contributed by atoms with E-state index in [-0.39, 0.29) is 5.91 Å². The lowest BCUT2D eigenvalue weighted by Crippen LogP contribution is -2.17. The second-order valence-electron chi connectivity index (χ2n) is 6.32. The van der Waals surface area contributed by atoms with Crippen LogP contribution < -0.4 is 14.9 Å². The van der Waals surface area contributed by atoms with Crippen LogP contribution in [-0.4, -0.2) is 18.7 Å². The Morgan fingerprint density at radius 1 is 0.967 bits per heavy atom. The number of ether oxygens (including phenoxy) is 2. The van der Waals surface area contributed by atoms with Crippen molar-refractivity contribution in [2.45, 2.75) is 13.5 Å². The van der Waals surface area contributed by atoms with Gasteiger partial charge >= 0.3 is 0 Å². The van der Waals surface area contributed by atoms with Crippen LogP contribution in [0.1, 0.15) is 34.0 Å². The molecule has 0 bridgehead atoms. The van der Waals surface area contributed by atoms with E-state index in [4.69, 9.17) is 14.7 Å². The maximum atomic E-state index is 12.1. The average Bonchev–Trinajstić information content (AvgIpc) is 2.79. The average molecular weight is 399 g/mol. The highest BCUT2D eigenvalue weighted by Crippen LogP contribution is 2.14. The Hall–Kier alpha value is -4.11. The van der Waals surface area contributed by atoms with Crippen LogP contribution in [0.15, 0.2) is 77.9 Å². The van der Waals surface area contributed by atoms with Gasteiger partial charge in [0, 0.05) is 5.56 Å². The Bertz CT molecular complexity index is 1040. The first-order valence-corrected chi connectivity index (χ1v) is 9.46. The number of nitrogens with one attached hydrogen (secondary N) is 1. The van der Waals surface area contributed by atoms with E-state index in [1.54, 1.807) is 42.6 Å². The number of rotatable bonds is 8. The number of nitriles is 1. The van der Waals surface area contributed by atoms with E-state index in [1.165, 1.54) is 0 Å². The fraction of sp³-hybridized carbons (Fsp3) is 0.125. The van der Waals surface area contributed by atoms with Crippen LogP contribution >= 0.6 is 0 Å². The Kier molecular flexibility index (Phi) is 7.17. The molecule has 0 unspecified atom stereocenters. The zero-order valence-electron chi connectivity index (χ0n) is 16.5. The first kappa shape index (κ1) is 20.6. The lowest BCUT2D eigenvalue weighted by Gasteiger charge is -2.06. The standard InChI is InChI=1S/C24H21N3O3/c1-2-29-22-13-9-21(10-14-22)24(28)27-26-16-19-7-11-23(12-8-19)30-17-20-5-3-18(15-25)4-6-20/h3-14,16H,2,17H2,1H3,(H,27,28)/b26-16-. The minimum atomic E-state index is -0.295. The Labute approximate surface area is 175 Å². The van der Waals surface area contributed by atoms with Gasteiger partial charge in [-0.2, -0.15) is 10.4 Å². The molecule has 0 saturated heterocycles. The van der Waals surface area contributed by atoms with Crippen LogP contribution in [0.5, 0.6) is 11.5 Å². The molecule has 1 N–H and O–H groups in total. The molecule has 0 aromatic heterocycles. The highest BCUT2D eigenvalue weighted by Gasteiger charge is 2.04. The number of nitrogens with zero attached hydrogens (tertiary/aromatic N) is 2. The molecular weight excluding hydrogens is 378 g/mol. The summed E-state index contributed by atoms with van der Waals surface area (Å²) in [7, 11) is 0. The van der Waals surface area contributed by atoms with Crippen LogP contribution in [-0.2, 0) is 6.61 Å². The summed E-state index contributed by atoms with van der Waals surface area (Å²) >= 11 is 0. The summed E-state index contributed by atoms with van der Waals surface area (Å²) in [4.78, 5) is 12.1. The van der Waals surface area contributed by atoms with E-state index < -0.39 is 0 Å². The second-order valence-corrected chi connectivity index (χ2v) is 6.32. The summed E-state index contributed by atoms with van der Waals surface area (Å²) < 4.78 is 11.1. The highest BCUT2D eigenvalue weighted by atomic mass is 16.5. The van der Waals surface area contributed by atoms with Crippen molar-refractivity contribution in [2.75, 3.05) is 6.61 Å². The van der Waals surface area contributed by atoms with E-state index >= 15 is 0 Å². The van der Waals surface area contributed by atoms with Crippen LogP contribution in [0, 0.1) is 11.3 Å². The molecule has 0 atom stereocenters. The minimum Gasteiger partial charge on any atom is -0.494 e. The van der Waals surface area contributed by atoms with Gasteiger partial charge in [0.05, 0.1) is 24.5 Å². The van der Waals surface area contributed by atoms with Gasteiger partial charge in [-0.25, -0.2) is 5.43 Å². The van der Waals surface area contributed by atoms with Gasteiger partial charge in [0.25, 0.3) is 5.91 Å². The summed E-state index contributed by atoms with van der Waals surface area (Å²) in [6.07, 6.45) is 1.57. The van der Waals surface area contributed by atoms with Gasteiger partial charge in [-0.1, -0.05) is 12.1 Å². The van der Waals surface area contributed by atoms with Gasteiger partial charge in [0.2, 0.25) is 0 Å². The molecule has 150 valence electrons. The summed E-state index contributed by atoms with van der Waals surface area (Å²) in [5, 5.41) is 12.8. The van der Waals surface area contributed by atoms with E-state index in [1.807, 2.05) is 43.3 Å². The molecule has 3 aromatic rings. The predicted octanol–water partition coefficient (Wildman–Crippen LogP) is 4.30. The fourth-order valence-corrected chi connectivity index (χ4v) is 2.59. The van der Waals surface area contributed by atoms with E-state index in [0.717, 1.165) is 22.6 Å². The van der Waals surface area contributed by atoms with Gasteiger partial charge in [-0.15, -0.1) is 0 Å². The smallest absolute Gasteiger partial charge is 0.271 e. The third-order valence-electron chi connectivity index (χ3n) is 4.18. The van der Waals surface area contributed by atoms with Gasteiger partial charge < -0.3 is 9.47 Å². The fourth-order valence-electron chi connectivity index (χ4n) is 2.59. The zero-order chi connectivity index (χ0) is 21.2. The first-order valence-electron chi connectivity index (χ1n) is 9.46. The number of carbonyl (C=O) groups excluding carboxylic acids is 1. The van der Waals surface area contributed by atoms with Crippen molar-refractivity contribution in [3.05, 3.63) is 95.1 Å². The number of carbonyl (C=O) groups is 1. The predicted molar refractivity (Wildman–Crippen MR) is 115 cm³/mol. The Morgan fingerprint density at radius 2 is 1.60 bits per heavy atom. The molecular formula is C24H21N3O3. The molecule has 1 amide bonds. The molecule has 0 radical (unpaired) electrons. The van der Waals surface area contributed by atoms with Crippen molar-refractivity contribution in [3.8, 4) is 17.6 Å². The molecule has 0 aliphatic heterocycles. The van der Waals surface area contributed by atoms with Gasteiger partial charge in [0.15, 0.2) is 0 Å². The molecule has 0 saturated carbocycles. The largest absolute Gasteiger partial charge is 0.494 e. The molecule has 3 aromatic carbocycles. The van der Waals surface area contributed by atoms with Crippen LogP contribution in [0.2, 0.25) is 0 Å². The number of benzene rings is 3. The molecule has 0 heterocycles. The molecule has 6 nitrogen and oxygen atoms in total. The lowest BCUT2D eigenvalue weighted by atomic mass is 10.1. The maximum Gasteiger partial charge on any atom is 0.271 e. The first-order chi connectivity index (χ1) is 14.7. The number of amides is 1. The van der Waals surface area contributed by atoms with Gasteiger partial charge in [-0.3, -0.25) is 4.79 Å². The molecule has 0 fully saturated rings. The highest BCUT2D eigenvalue weighted by molar-refractivity contribution is 5.95. The maximum absolute atomic E-state index is 12.1. The van der Waals surface area contributed by atoms with Crippen molar-refractivity contribution < 1.29 is 14.3 Å². The van der Waals surface area contributed by atoms with Crippen LogP contribution in [0.25, 0.3) is 0 Å². The van der Waals surface area contributed by atoms with E-state index in [9.17, 15) is 4.79 Å². The molecule has 3 rings (SSSR count). The molecule has 6 heteroatoms. The van der Waals surface area contributed by atoms with Crippen molar-refractivity contribution in [1.29, 1.82) is 5.26 Å². The van der Waals surface area contributed by atoms with Crippen molar-refractivity contribution >= 4 is 12.1 Å². The molecule has 0 aliphatic carbocycles. The summed E-state index contributed by atoms with van der Waals surface area (Å²) in [6, 6.07) is 23.6. The Morgan fingerprint density at radius 3 is 2.23 bits per heavy atom. The minimum absolute atomic E-state index is 0.295. The van der Waals surface area contributed by atoms with E-state index in [2.05, 4.69) is 16.6 Å². The SMILES string of the molecule is CCOc1ccc(C(=O)N/N=C\c2ccc(OCc3ccc(C#N)cc3)cc2)cc1.